The van der Waals surface area contributed by atoms with E-state index in [1.54, 1.807) is 7.11 Å². The number of hydrogen-bond acceptors (Lipinski definition) is 3. The molecule has 0 bridgehead atoms. The zero-order chi connectivity index (χ0) is 15.8. The molecule has 1 fully saturated rings. The number of piperidine rings is 1. The fraction of sp³-hybridized carbons (Fsp3) is 0.611. The minimum Gasteiger partial charge on any atom is -0.496 e. The summed E-state index contributed by atoms with van der Waals surface area (Å²) in [6.07, 6.45) is 4.83. The van der Waals surface area contributed by atoms with Crippen LogP contribution in [0.5, 0.6) is 5.75 Å². The highest BCUT2D eigenvalue weighted by molar-refractivity contribution is 5.76. The molecule has 0 radical (unpaired) electrons. The summed E-state index contributed by atoms with van der Waals surface area (Å²) < 4.78 is 5.34. The van der Waals surface area contributed by atoms with Gasteiger partial charge in [-0.1, -0.05) is 18.2 Å². The lowest BCUT2D eigenvalue weighted by atomic mass is 9.93. The first-order chi connectivity index (χ1) is 10.7. The van der Waals surface area contributed by atoms with Gasteiger partial charge in [0.25, 0.3) is 0 Å². The molecule has 0 unspecified atom stereocenters. The van der Waals surface area contributed by atoms with Crippen molar-refractivity contribution in [2.75, 3.05) is 33.8 Å². The van der Waals surface area contributed by atoms with Crippen molar-refractivity contribution in [3.63, 3.8) is 0 Å². The monoisotopic (exact) mass is 304 g/mol. The van der Waals surface area contributed by atoms with Gasteiger partial charge in [-0.05, 0) is 56.8 Å². The highest BCUT2D eigenvalue weighted by Crippen LogP contribution is 2.22. The van der Waals surface area contributed by atoms with Crippen molar-refractivity contribution in [1.82, 2.24) is 10.2 Å². The first-order valence-electron chi connectivity index (χ1n) is 8.29. The molecule has 1 N–H and O–H groups in total. The lowest BCUT2D eigenvalue weighted by Gasteiger charge is -2.32. The minimum absolute atomic E-state index is 0.276. The number of benzene rings is 1. The van der Waals surface area contributed by atoms with E-state index in [1.165, 1.54) is 6.42 Å². The number of ether oxygens (including phenoxy) is 1. The van der Waals surface area contributed by atoms with Gasteiger partial charge in [-0.15, -0.1) is 0 Å². The molecule has 0 saturated carbocycles. The largest absolute Gasteiger partial charge is 0.496 e. The van der Waals surface area contributed by atoms with Gasteiger partial charge >= 0.3 is 0 Å². The normalized spacial score (nSPS) is 15.8. The molecule has 2 rings (SSSR count). The topological polar surface area (TPSA) is 41.6 Å². The van der Waals surface area contributed by atoms with Gasteiger partial charge in [0.05, 0.1) is 7.11 Å². The van der Waals surface area contributed by atoms with E-state index >= 15 is 0 Å². The number of carbonyl (C=O) groups excluding carboxylic acids is 1. The van der Waals surface area contributed by atoms with Crippen LogP contribution in [0.15, 0.2) is 24.3 Å². The Morgan fingerprint density at radius 2 is 2.05 bits per heavy atom. The van der Waals surface area contributed by atoms with Crippen LogP contribution in [-0.2, 0) is 11.2 Å². The Morgan fingerprint density at radius 3 is 2.73 bits per heavy atom. The second-order valence-electron chi connectivity index (χ2n) is 6.03. The molecule has 0 aromatic heterocycles. The van der Waals surface area contributed by atoms with Crippen molar-refractivity contribution in [2.45, 2.75) is 32.1 Å². The third kappa shape index (κ3) is 4.73. The van der Waals surface area contributed by atoms with Crippen molar-refractivity contribution >= 4 is 5.91 Å². The zero-order valence-electron chi connectivity index (χ0n) is 13.8. The summed E-state index contributed by atoms with van der Waals surface area (Å²) in [4.78, 5) is 14.4. The van der Waals surface area contributed by atoms with E-state index in [2.05, 4.69) is 5.32 Å². The minimum atomic E-state index is 0.276. The average molecular weight is 304 g/mol. The van der Waals surface area contributed by atoms with Crippen molar-refractivity contribution in [1.29, 1.82) is 0 Å². The first-order valence-corrected chi connectivity index (χ1v) is 8.29. The molecule has 1 aliphatic rings. The molecular weight excluding hydrogens is 276 g/mol. The van der Waals surface area contributed by atoms with E-state index in [-0.39, 0.29) is 5.91 Å². The fourth-order valence-electron chi connectivity index (χ4n) is 3.13. The molecule has 0 spiro atoms. The van der Waals surface area contributed by atoms with Gasteiger partial charge in [0.1, 0.15) is 5.75 Å². The van der Waals surface area contributed by atoms with Crippen LogP contribution >= 0.6 is 0 Å². The molecule has 1 amide bonds. The van der Waals surface area contributed by atoms with Gasteiger partial charge < -0.3 is 15.0 Å². The van der Waals surface area contributed by atoms with Crippen LogP contribution in [0, 0.1) is 5.92 Å². The summed E-state index contributed by atoms with van der Waals surface area (Å²) in [5, 5.41) is 3.21. The van der Waals surface area contributed by atoms with Crippen molar-refractivity contribution in [2.24, 2.45) is 5.92 Å². The van der Waals surface area contributed by atoms with E-state index in [0.29, 0.717) is 6.42 Å². The van der Waals surface area contributed by atoms with E-state index in [1.807, 2.05) is 36.2 Å². The third-order valence-electron chi connectivity index (χ3n) is 4.57. The van der Waals surface area contributed by atoms with Gasteiger partial charge in [-0.2, -0.15) is 0 Å². The van der Waals surface area contributed by atoms with Crippen LogP contribution < -0.4 is 10.1 Å². The molecule has 122 valence electrons. The molecule has 1 aliphatic heterocycles. The van der Waals surface area contributed by atoms with Gasteiger partial charge in [0.2, 0.25) is 5.91 Å². The van der Waals surface area contributed by atoms with Crippen LogP contribution in [0.2, 0.25) is 0 Å². The number of carbonyl (C=O) groups is 1. The zero-order valence-corrected chi connectivity index (χ0v) is 13.8. The van der Waals surface area contributed by atoms with Gasteiger partial charge in [-0.25, -0.2) is 0 Å². The number of amides is 1. The molecule has 4 nitrogen and oxygen atoms in total. The summed E-state index contributed by atoms with van der Waals surface area (Å²) >= 11 is 0. The lowest BCUT2D eigenvalue weighted by molar-refractivity contribution is -0.132. The molecule has 0 aliphatic carbocycles. The standard InChI is InChI=1S/C18H28N2O2/c1-19-12-9-15-10-13-20(14-11-15)18(21)8-7-16-5-3-4-6-17(16)22-2/h3-6,15,19H,7-14H2,1-2H3. The Morgan fingerprint density at radius 1 is 1.32 bits per heavy atom. The predicted octanol–water partition coefficient (Wildman–Crippen LogP) is 2.48. The molecule has 4 heteroatoms. The second-order valence-corrected chi connectivity index (χ2v) is 6.03. The highest BCUT2D eigenvalue weighted by Gasteiger charge is 2.22. The number of hydrogen-bond donors (Lipinski definition) is 1. The number of nitrogens with zero attached hydrogens (tertiary/aromatic N) is 1. The van der Waals surface area contributed by atoms with Crippen LogP contribution in [0.25, 0.3) is 0 Å². The first kappa shape index (κ1) is 16.8. The fourth-order valence-corrected chi connectivity index (χ4v) is 3.13. The number of aryl methyl sites for hydroxylation is 1. The van der Waals surface area contributed by atoms with Crippen molar-refractivity contribution < 1.29 is 9.53 Å². The van der Waals surface area contributed by atoms with E-state index in [4.69, 9.17) is 4.74 Å². The Bertz CT molecular complexity index is 468. The Balaban J connectivity index is 1.76. The molecule has 1 heterocycles. The lowest BCUT2D eigenvalue weighted by Crippen LogP contribution is -2.39. The average Bonchev–Trinajstić information content (AvgIpc) is 2.58. The van der Waals surface area contributed by atoms with E-state index in [0.717, 1.165) is 56.1 Å². The van der Waals surface area contributed by atoms with E-state index < -0.39 is 0 Å². The second kappa shape index (κ2) is 8.79. The number of methoxy groups -OCH3 is 1. The van der Waals surface area contributed by atoms with Crippen molar-refractivity contribution in [3.8, 4) is 5.75 Å². The molecule has 1 aromatic carbocycles. The molecular formula is C18H28N2O2. The van der Waals surface area contributed by atoms with Crippen LogP contribution in [0.3, 0.4) is 0 Å². The van der Waals surface area contributed by atoms with E-state index in [9.17, 15) is 4.79 Å². The van der Waals surface area contributed by atoms with Crippen molar-refractivity contribution in [3.05, 3.63) is 29.8 Å². The summed E-state index contributed by atoms with van der Waals surface area (Å²) in [5.74, 6) is 1.92. The molecule has 1 aromatic rings. The van der Waals surface area contributed by atoms with Crippen LogP contribution in [0.1, 0.15) is 31.2 Å². The van der Waals surface area contributed by atoms with Crippen LogP contribution in [0.4, 0.5) is 0 Å². The summed E-state index contributed by atoms with van der Waals surface area (Å²) in [6.45, 7) is 2.91. The number of nitrogens with one attached hydrogen (secondary N) is 1. The van der Waals surface area contributed by atoms with Gasteiger partial charge in [0, 0.05) is 19.5 Å². The molecule has 0 atom stereocenters. The molecule has 1 saturated heterocycles. The number of rotatable bonds is 7. The number of para-hydroxylation sites is 1. The van der Waals surface area contributed by atoms with Gasteiger partial charge in [-0.3, -0.25) is 4.79 Å². The number of likely N-dealkylation sites (tertiary alicyclic amines) is 1. The summed E-state index contributed by atoms with van der Waals surface area (Å²) in [5.41, 5.74) is 1.11. The maximum atomic E-state index is 12.4. The smallest absolute Gasteiger partial charge is 0.222 e. The maximum absolute atomic E-state index is 12.4. The Labute approximate surface area is 133 Å². The quantitative estimate of drug-likeness (QED) is 0.841. The maximum Gasteiger partial charge on any atom is 0.222 e. The Hall–Kier alpha value is -1.55. The Kier molecular flexibility index (Phi) is 6.72. The molecule has 22 heavy (non-hydrogen) atoms. The van der Waals surface area contributed by atoms with Crippen LogP contribution in [-0.4, -0.2) is 44.6 Å². The summed E-state index contributed by atoms with van der Waals surface area (Å²) in [6, 6.07) is 7.94. The third-order valence-corrected chi connectivity index (χ3v) is 4.57. The predicted molar refractivity (Wildman–Crippen MR) is 89.2 cm³/mol. The van der Waals surface area contributed by atoms with Gasteiger partial charge in [0.15, 0.2) is 0 Å². The summed E-state index contributed by atoms with van der Waals surface area (Å²) in [7, 11) is 3.67. The SMILES string of the molecule is CNCCC1CCN(C(=O)CCc2ccccc2OC)CC1. The highest BCUT2D eigenvalue weighted by atomic mass is 16.5.